The predicted molar refractivity (Wildman–Crippen MR) is 109 cm³/mol. The van der Waals surface area contributed by atoms with Crippen molar-refractivity contribution in [3.63, 3.8) is 0 Å². The fourth-order valence-corrected chi connectivity index (χ4v) is 2.70. The van der Waals surface area contributed by atoms with Crippen LogP contribution in [0.5, 0.6) is 5.75 Å². The smallest absolute Gasteiger partial charge is 0.271 e. The second-order valence-electron chi connectivity index (χ2n) is 6.21. The summed E-state index contributed by atoms with van der Waals surface area (Å²) in [6.45, 7) is 2.92. The van der Waals surface area contributed by atoms with E-state index in [1.807, 2.05) is 12.1 Å². The number of unbranched alkanes of at least 4 members (excludes halogenated alkanes) is 6. The molecule has 2 aromatic rings. The summed E-state index contributed by atoms with van der Waals surface area (Å²) >= 11 is 6.26. The van der Waals surface area contributed by atoms with Crippen LogP contribution >= 0.6 is 11.6 Å². The summed E-state index contributed by atoms with van der Waals surface area (Å²) in [7, 11) is 0. The Morgan fingerprint density at radius 2 is 2.00 bits per heavy atom. The summed E-state index contributed by atoms with van der Waals surface area (Å²) in [6.07, 6.45) is 11.4. The van der Waals surface area contributed by atoms with E-state index in [4.69, 9.17) is 16.3 Å². The number of aromatic amines is 1. The van der Waals surface area contributed by atoms with E-state index in [-0.39, 0.29) is 11.5 Å². The van der Waals surface area contributed by atoms with Gasteiger partial charge in [-0.25, -0.2) is 5.43 Å². The Labute approximate surface area is 164 Å². The molecule has 0 aliphatic rings. The number of H-pyrrole nitrogens is 1. The number of rotatable bonds is 12. The molecule has 2 rings (SSSR count). The SMILES string of the molecule is CCCCCCCCCOc1ccc(/C=N/Nc2nncc(=O)[nH]2)c(Cl)c1. The van der Waals surface area contributed by atoms with Gasteiger partial charge >= 0.3 is 0 Å². The zero-order chi connectivity index (χ0) is 19.3. The maximum atomic E-state index is 11.1. The zero-order valence-corrected chi connectivity index (χ0v) is 16.3. The van der Waals surface area contributed by atoms with Gasteiger partial charge in [-0.05, 0) is 24.6 Å². The molecule has 0 saturated carbocycles. The van der Waals surface area contributed by atoms with Gasteiger partial charge in [-0.2, -0.15) is 5.10 Å². The number of hydrogen-bond donors (Lipinski definition) is 2. The highest BCUT2D eigenvalue weighted by Crippen LogP contribution is 2.22. The lowest BCUT2D eigenvalue weighted by molar-refractivity contribution is 0.304. The van der Waals surface area contributed by atoms with Crippen LogP contribution in [0.25, 0.3) is 0 Å². The predicted octanol–water partition coefficient (Wildman–Crippen LogP) is 4.39. The second-order valence-corrected chi connectivity index (χ2v) is 6.61. The molecule has 0 bridgehead atoms. The Bertz CT molecular complexity index is 779. The number of aromatic nitrogens is 3. The van der Waals surface area contributed by atoms with E-state index in [0.717, 1.165) is 23.9 Å². The highest BCUT2D eigenvalue weighted by molar-refractivity contribution is 6.33. The molecular weight excluding hydrogens is 366 g/mol. The first-order chi connectivity index (χ1) is 13.2. The maximum Gasteiger partial charge on any atom is 0.271 e. The van der Waals surface area contributed by atoms with Gasteiger partial charge in [0, 0.05) is 5.56 Å². The molecule has 0 aliphatic carbocycles. The van der Waals surface area contributed by atoms with E-state index in [2.05, 4.69) is 32.6 Å². The Kier molecular flexibility index (Phi) is 9.34. The molecule has 8 heteroatoms. The summed E-state index contributed by atoms with van der Waals surface area (Å²) in [5, 5.41) is 11.7. The largest absolute Gasteiger partial charge is 0.494 e. The maximum absolute atomic E-state index is 11.1. The fraction of sp³-hybridized carbons (Fsp3) is 0.474. The third kappa shape index (κ3) is 8.21. The summed E-state index contributed by atoms with van der Waals surface area (Å²) in [5.41, 5.74) is 2.96. The van der Waals surface area contributed by atoms with Crippen LogP contribution in [-0.4, -0.2) is 28.0 Å². The summed E-state index contributed by atoms with van der Waals surface area (Å²) < 4.78 is 5.75. The number of nitrogens with one attached hydrogen (secondary N) is 2. The average molecular weight is 392 g/mol. The second kappa shape index (κ2) is 12.1. The van der Waals surface area contributed by atoms with E-state index < -0.39 is 0 Å². The standard InChI is InChI=1S/C19H26ClN5O2/c1-2-3-4-5-6-7-8-11-27-16-10-9-15(17(20)12-16)13-21-24-19-23-18(26)14-22-25-19/h9-10,12-14H,2-8,11H2,1H3,(H2,23,24,25,26)/b21-13+. The molecule has 27 heavy (non-hydrogen) atoms. The van der Waals surface area contributed by atoms with E-state index >= 15 is 0 Å². The van der Waals surface area contributed by atoms with Crippen LogP contribution in [0.15, 0.2) is 34.3 Å². The van der Waals surface area contributed by atoms with E-state index in [9.17, 15) is 4.79 Å². The minimum atomic E-state index is -0.358. The Hall–Kier alpha value is -2.41. The molecule has 0 unspecified atom stereocenters. The van der Waals surface area contributed by atoms with Gasteiger partial charge in [-0.3, -0.25) is 9.78 Å². The molecule has 1 aromatic heterocycles. The first-order valence-electron chi connectivity index (χ1n) is 9.32. The summed E-state index contributed by atoms with van der Waals surface area (Å²) in [4.78, 5) is 13.6. The van der Waals surface area contributed by atoms with Crippen LogP contribution in [-0.2, 0) is 0 Å². The van der Waals surface area contributed by atoms with E-state index in [1.54, 1.807) is 6.07 Å². The van der Waals surface area contributed by atoms with Crippen LogP contribution in [0.4, 0.5) is 5.95 Å². The lowest BCUT2D eigenvalue weighted by atomic mass is 10.1. The Morgan fingerprint density at radius 1 is 1.22 bits per heavy atom. The normalized spacial score (nSPS) is 11.0. The molecule has 0 radical (unpaired) electrons. The molecule has 0 amide bonds. The van der Waals surface area contributed by atoms with Gasteiger partial charge in [-0.1, -0.05) is 57.0 Å². The van der Waals surface area contributed by atoms with Crippen molar-refractivity contribution >= 4 is 23.8 Å². The van der Waals surface area contributed by atoms with Crippen LogP contribution in [0, 0.1) is 0 Å². The molecule has 1 aromatic carbocycles. The molecule has 0 spiro atoms. The van der Waals surface area contributed by atoms with Gasteiger partial charge in [0.15, 0.2) is 0 Å². The Balaban J connectivity index is 1.73. The van der Waals surface area contributed by atoms with Gasteiger partial charge in [-0.15, -0.1) is 10.2 Å². The number of hydrazone groups is 1. The molecule has 0 fully saturated rings. The molecule has 2 N–H and O–H groups in total. The van der Waals surface area contributed by atoms with Crippen molar-refractivity contribution in [3.05, 3.63) is 45.3 Å². The van der Waals surface area contributed by atoms with Gasteiger partial charge in [0.1, 0.15) is 11.9 Å². The highest BCUT2D eigenvalue weighted by Gasteiger charge is 2.02. The van der Waals surface area contributed by atoms with Crippen molar-refractivity contribution in [2.24, 2.45) is 5.10 Å². The molecule has 146 valence electrons. The topological polar surface area (TPSA) is 92.3 Å². The van der Waals surface area contributed by atoms with Gasteiger partial charge < -0.3 is 4.74 Å². The van der Waals surface area contributed by atoms with Gasteiger partial charge in [0.05, 0.1) is 17.8 Å². The summed E-state index contributed by atoms with van der Waals surface area (Å²) in [6, 6.07) is 5.46. The quantitative estimate of drug-likeness (QED) is 0.318. The van der Waals surface area contributed by atoms with Crippen molar-refractivity contribution in [2.75, 3.05) is 12.0 Å². The number of halogens is 1. The molecular formula is C19H26ClN5O2. The van der Waals surface area contributed by atoms with Crippen molar-refractivity contribution in [2.45, 2.75) is 51.9 Å². The van der Waals surface area contributed by atoms with Crippen molar-refractivity contribution in [1.82, 2.24) is 15.2 Å². The third-order valence-electron chi connectivity index (χ3n) is 3.94. The van der Waals surface area contributed by atoms with Crippen molar-refractivity contribution in [3.8, 4) is 5.75 Å². The van der Waals surface area contributed by atoms with Gasteiger partial charge in [0.25, 0.3) is 5.56 Å². The molecule has 7 nitrogen and oxygen atoms in total. The minimum absolute atomic E-state index is 0.157. The monoisotopic (exact) mass is 391 g/mol. The van der Waals surface area contributed by atoms with Crippen molar-refractivity contribution < 1.29 is 4.74 Å². The van der Waals surface area contributed by atoms with Gasteiger partial charge in [0.2, 0.25) is 5.95 Å². The Morgan fingerprint density at radius 3 is 2.74 bits per heavy atom. The van der Waals surface area contributed by atoms with Crippen molar-refractivity contribution in [1.29, 1.82) is 0 Å². The first-order valence-corrected chi connectivity index (χ1v) is 9.70. The average Bonchev–Trinajstić information content (AvgIpc) is 2.65. The molecule has 0 aliphatic heterocycles. The van der Waals surface area contributed by atoms with Crippen LogP contribution in [0.3, 0.4) is 0 Å². The zero-order valence-electron chi connectivity index (χ0n) is 15.6. The van der Waals surface area contributed by atoms with E-state index in [0.29, 0.717) is 11.6 Å². The number of hydrogen-bond acceptors (Lipinski definition) is 6. The van der Waals surface area contributed by atoms with E-state index in [1.165, 1.54) is 44.7 Å². The van der Waals surface area contributed by atoms with Crippen LogP contribution < -0.4 is 15.7 Å². The number of ether oxygens (including phenoxy) is 1. The highest BCUT2D eigenvalue weighted by atomic mass is 35.5. The molecule has 0 atom stereocenters. The number of benzene rings is 1. The lowest BCUT2D eigenvalue weighted by Gasteiger charge is -2.07. The number of anilines is 1. The van der Waals surface area contributed by atoms with Crippen LogP contribution in [0.1, 0.15) is 57.4 Å². The first kappa shape index (κ1) is 20.9. The number of nitrogens with zero attached hydrogens (tertiary/aromatic N) is 3. The molecule has 1 heterocycles. The van der Waals surface area contributed by atoms with Crippen LogP contribution in [0.2, 0.25) is 5.02 Å². The molecule has 0 saturated heterocycles. The third-order valence-corrected chi connectivity index (χ3v) is 4.26. The fourth-order valence-electron chi connectivity index (χ4n) is 2.48. The lowest BCUT2D eigenvalue weighted by Crippen LogP contribution is -2.10. The minimum Gasteiger partial charge on any atom is -0.494 e. The summed E-state index contributed by atoms with van der Waals surface area (Å²) in [5.74, 6) is 0.902.